The number of ether oxygens (including phenoxy) is 2. The molecule has 5 N–H and O–H groups in total. The van der Waals surface area contributed by atoms with Gasteiger partial charge in [0.05, 0.1) is 23.6 Å². The van der Waals surface area contributed by atoms with Crippen LogP contribution in [0.4, 0.5) is 17.6 Å². The second-order valence-corrected chi connectivity index (χ2v) is 7.67. The van der Waals surface area contributed by atoms with E-state index < -0.39 is 32.2 Å². The number of amides is 1. The predicted molar refractivity (Wildman–Crippen MR) is 133 cm³/mol. The summed E-state index contributed by atoms with van der Waals surface area (Å²) in [7, 11) is 1.64. The summed E-state index contributed by atoms with van der Waals surface area (Å²) in [5, 5.41) is 31.6. The van der Waals surface area contributed by atoms with Crippen molar-refractivity contribution in [2.45, 2.75) is 13.0 Å². The van der Waals surface area contributed by atoms with Crippen molar-refractivity contribution in [3.63, 3.8) is 0 Å². The van der Waals surface area contributed by atoms with Crippen molar-refractivity contribution in [3.8, 4) is 5.75 Å². The second kappa shape index (κ2) is 12.6. The van der Waals surface area contributed by atoms with Gasteiger partial charge >= 0.3 is 6.61 Å². The van der Waals surface area contributed by atoms with Gasteiger partial charge in [-0.1, -0.05) is 12.1 Å². The van der Waals surface area contributed by atoms with E-state index in [0.29, 0.717) is 5.57 Å². The molecule has 9 nitrogen and oxygen atoms in total. The molecule has 0 atom stereocenters. The van der Waals surface area contributed by atoms with Crippen molar-refractivity contribution in [1.82, 2.24) is 10.6 Å². The fourth-order valence-electron chi connectivity index (χ4n) is 3.39. The van der Waals surface area contributed by atoms with Crippen LogP contribution in [0.25, 0.3) is 5.57 Å². The first-order valence-corrected chi connectivity index (χ1v) is 11.0. The van der Waals surface area contributed by atoms with E-state index in [9.17, 15) is 27.5 Å². The summed E-state index contributed by atoms with van der Waals surface area (Å²) < 4.78 is 60.0. The monoisotopic (exact) mass is 533 g/mol. The predicted octanol–water partition coefficient (Wildman–Crippen LogP) is 3.32. The minimum absolute atomic E-state index is 0.0494. The quantitative estimate of drug-likeness (QED) is 0.245. The molecule has 200 valence electrons. The molecule has 1 aromatic rings. The minimum atomic E-state index is -3.08. The third kappa shape index (κ3) is 7.03. The summed E-state index contributed by atoms with van der Waals surface area (Å²) in [6.07, 6.45) is 4.27. The van der Waals surface area contributed by atoms with Gasteiger partial charge in [-0.15, -0.1) is 0 Å². The lowest BCUT2D eigenvalue weighted by atomic mass is 9.95. The van der Waals surface area contributed by atoms with E-state index in [1.165, 1.54) is 42.5 Å². The van der Waals surface area contributed by atoms with Crippen LogP contribution in [0, 0.1) is 10.8 Å². The summed E-state index contributed by atoms with van der Waals surface area (Å²) in [5.74, 6) is -1.34. The lowest BCUT2D eigenvalue weighted by Gasteiger charge is -2.20. The molecule has 3 rings (SSSR count). The van der Waals surface area contributed by atoms with Gasteiger partial charge in [0, 0.05) is 36.2 Å². The van der Waals surface area contributed by atoms with Crippen molar-refractivity contribution < 1.29 is 36.9 Å². The zero-order valence-electron chi connectivity index (χ0n) is 19.9. The number of benzene rings is 1. The van der Waals surface area contributed by atoms with Crippen LogP contribution in [0.15, 0.2) is 82.3 Å². The smallest absolute Gasteiger partial charge is 0.387 e. The highest BCUT2D eigenvalue weighted by Gasteiger charge is 2.27. The average Bonchev–Trinajstić information content (AvgIpc) is 2.87. The normalized spacial score (nSPS) is 17.8. The highest BCUT2D eigenvalue weighted by Crippen LogP contribution is 2.28. The van der Waals surface area contributed by atoms with Crippen LogP contribution in [0.3, 0.4) is 0 Å². The molecule has 0 spiro atoms. The zero-order chi connectivity index (χ0) is 27.8. The van der Waals surface area contributed by atoms with Crippen molar-refractivity contribution in [2.75, 3.05) is 20.3 Å². The fraction of sp³-hybridized carbons (Fsp3) is 0.200. The number of carbonyl (C=O) groups is 1. The van der Waals surface area contributed by atoms with E-state index in [4.69, 9.17) is 15.6 Å². The molecule has 0 bridgehead atoms. The molecule has 1 aromatic carbocycles. The molecule has 0 fully saturated rings. The van der Waals surface area contributed by atoms with Crippen LogP contribution >= 0.6 is 0 Å². The Bertz CT molecular complexity index is 1300. The van der Waals surface area contributed by atoms with E-state index in [-0.39, 0.29) is 51.2 Å². The fourth-order valence-corrected chi connectivity index (χ4v) is 3.39. The van der Waals surface area contributed by atoms with Gasteiger partial charge in [-0.2, -0.15) is 8.78 Å². The summed E-state index contributed by atoms with van der Waals surface area (Å²) in [6, 6.07) is 4.92. The van der Waals surface area contributed by atoms with E-state index in [1.54, 1.807) is 13.2 Å². The third-order valence-electron chi connectivity index (χ3n) is 5.05. The van der Waals surface area contributed by atoms with Gasteiger partial charge in [-0.25, -0.2) is 13.8 Å². The molecule has 2 aliphatic rings. The molecule has 1 heterocycles. The Hall–Kier alpha value is -4.52. The molecular formula is C25H23F4N5O4. The van der Waals surface area contributed by atoms with Crippen LogP contribution < -0.4 is 15.4 Å². The Morgan fingerprint density at radius 3 is 2.45 bits per heavy atom. The van der Waals surface area contributed by atoms with Crippen LogP contribution in [0.1, 0.15) is 5.56 Å². The van der Waals surface area contributed by atoms with Crippen LogP contribution in [-0.4, -0.2) is 61.6 Å². The molecule has 0 unspecified atom stereocenters. The molecule has 1 aliphatic carbocycles. The number of halogens is 4. The Kier molecular flexibility index (Phi) is 9.33. The standard InChI is InChI=1S/C25H23F4N5O4/c1-32-10-14-8-16(4-7-18(14)30)33-24(36)21(13-2-5-17(6-3-13)38-25(28)29)23-22(31)15(11-35)9-20(34-23)37-12-19(26)27/h2-10,19,25,30-32,35H,11-12H2,1H3,(H,33,36)/b14-10-,23-21+,30-18?,31-22?. The number of aliphatic hydroxyl groups is 1. The van der Waals surface area contributed by atoms with Crippen molar-refractivity contribution >= 4 is 28.8 Å². The Morgan fingerprint density at radius 1 is 1.13 bits per heavy atom. The Balaban J connectivity index is 2.11. The lowest BCUT2D eigenvalue weighted by Crippen LogP contribution is -2.28. The number of aliphatic imine (C=N–C) groups is 1. The van der Waals surface area contributed by atoms with Crippen LogP contribution in [0.2, 0.25) is 0 Å². The number of carbonyl (C=O) groups excluding carboxylic acids is 1. The molecule has 0 saturated heterocycles. The minimum Gasteiger partial charge on any atom is -0.472 e. The summed E-state index contributed by atoms with van der Waals surface area (Å²) in [4.78, 5) is 17.6. The number of nitrogens with one attached hydrogen (secondary N) is 4. The Labute approximate surface area is 214 Å². The third-order valence-corrected chi connectivity index (χ3v) is 5.05. The van der Waals surface area contributed by atoms with E-state index >= 15 is 0 Å². The van der Waals surface area contributed by atoms with Gasteiger partial charge in [0.2, 0.25) is 5.90 Å². The first-order chi connectivity index (χ1) is 18.1. The lowest BCUT2D eigenvalue weighted by molar-refractivity contribution is -0.114. The number of aliphatic hydroxyl groups excluding tert-OH is 1. The SMILES string of the molecule is CN/C=C1/C=C(NC(=O)/C(=C2/N=C(OCC(F)F)C=C(CO)C2=N)c2ccc(OC(F)F)cc2)C=CC1=N. The largest absolute Gasteiger partial charge is 0.472 e. The van der Waals surface area contributed by atoms with E-state index in [1.807, 2.05) is 0 Å². The van der Waals surface area contributed by atoms with Crippen LogP contribution in [-0.2, 0) is 9.53 Å². The van der Waals surface area contributed by atoms with Crippen molar-refractivity contribution in [3.05, 3.63) is 82.9 Å². The van der Waals surface area contributed by atoms with Crippen molar-refractivity contribution in [1.29, 1.82) is 10.8 Å². The maximum absolute atomic E-state index is 13.5. The summed E-state index contributed by atoms with van der Waals surface area (Å²) >= 11 is 0. The molecule has 1 aliphatic heterocycles. The zero-order valence-corrected chi connectivity index (χ0v) is 19.9. The highest BCUT2D eigenvalue weighted by molar-refractivity contribution is 6.31. The number of dihydropyridines is 1. The van der Waals surface area contributed by atoms with Gasteiger partial charge in [-0.05, 0) is 35.9 Å². The number of alkyl halides is 4. The first-order valence-electron chi connectivity index (χ1n) is 11.0. The summed E-state index contributed by atoms with van der Waals surface area (Å²) in [6.45, 7) is -4.77. The number of hydrogen-bond donors (Lipinski definition) is 5. The maximum Gasteiger partial charge on any atom is 0.387 e. The molecule has 38 heavy (non-hydrogen) atoms. The topological polar surface area (TPSA) is 140 Å². The van der Waals surface area contributed by atoms with Gasteiger partial charge in [0.15, 0.2) is 6.61 Å². The van der Waals surface area contributed by atoms with Crippen molar-refractivity contribution in [2.24, 2.45) is 4.99 Å². The molecule has 0 aromatic heterocycles. The highest BCUT2D eigenvalue weighted by atomic mass is 19.3. The first kappa shape index (κ1) is 28.1. The second-order valence-electron chi connectivity index (χ2n) is 7.67. The van der Waals surface area contributed by atoms with Gasteiger partial charge < -0.3 is 30.6 Å². The van der Waals surface area contributed by atoms with Crippen LogP contribution in [0.5, 0.6) is 5.75 Å². The van der Waals surface area contributed by atoms with Gasteiger partial charge in [0.1, 0.15) is 11.4 Å². The maximum atomic E-state index is 13.5. The van der Waals surface area contributed by atoms with E-state index in [2.05, 4.69) is 20.4 Å². The molecule has 1 amide bonds. The average molecular weight is 533 g/mol. The molecule has 0 radical (unpaired) electrons. The number of allylic oxidation sites excluding steroid dienone is 5. The van der Waals surface area contributed by atoms with Gasteiger partial charge in [0.25, 0.3) is 12.3 Å². The van der Waals surface area contributed by atoms with E-state index in [0.717, 1.165) is 6.08 Å². The number of rotatable bonds is 9. The molecular weight excluding hydrogens is 510 g/mol. The molecule has 0 saturated carbocycles. The number of nitrogens with zero attached hydrogens (tertiary/aromatic N) is 1. The molecule has 13 heteroatoms. The van der Waals surface area contributed by atoms with Gasteiger partial charge in [-0.3, -0.25) is 10.2 Å². The summed E-state index contributed by atoms with van der Waals surface area (Å²) in [5.41, 5.74) is 0.0883. The Morgan fingerprint density at radius 2 is 1.84 bits per heavy atom. The number of hydrogen-bond acceptors (Lipinski definition) is 8.